The molecule has 0 heterocycles. The van der Waals surface area contributed by atoms with E-state index in [1.54, 1.807) is 5.17 Å². The maximum Gasteiger partial charge on any atom is 0.00817 e. The van der Waals surface area contributed by atoms with Gasteiger partial charge < -0.3 is 0 Å². The maximum absolute atomic E-state index is 2.40. The molecule has 0 atom stereocenters. The molecule has 0 saturated carbocycles. The summed E-state index contributed by atoms with van der Waals surface area (Å²) in [7, 11) is -0.338. The molecular weight excluding hydrogens is 208 g/mol. The van der Waals surface area contributed by atoms with Crippen molar-refractivity contribution in [3.63, 3.8) is 0 Å². The molecule has 0 aliphatic heterocycles. The molecule has 0 N–H and O–H groups in total. The Bertz CT molecular complexity index is 344. The molecule has 0 aromatic heterocycles. The highest BCUT2D eigenvalue weighted by molar-refractivity contribution is 6.72. The quantitative estimate of drug-likeness (QED) is 0.486. The fourth-order valence-corrected chi connectivity index (χ4v) is 4.34. The number of hydrogen-bond donors (Lipinski definition) is 0. The van der Waals surface area contributed by atoms with Gasteiger partial charge in [-0.25, -0.2) is 0 Å². The second kappa shape index (κ2) is 6.34. The third-order valence-corrected chi connectivity index (χ3v) is 5.42. The van der Waals surface area contributed by atoms with Crippen molar-refractivity contribution < 1.29 is 0 Å². The third kappa shape index (κ3) is 3.86. The molecule has 0 nitrogen and oxygen atoms in total. The van der Waals surface area contributed by atoms with Crippen molar-refractivity contribution in [2.75, 3.05) is 0 Å². The van der Waals surface area contributed by atoms with Crippen LogP contribution in [0.15, 0.2) is 22.3 Å². The zero-order valence-corrected chi connectivity index (χ0v) is 13.6. The average Bonchev–Trinajstić information content (AvgIpc) is 2.13. The largest absolute Gasteiger partial charge is 0.0732 e. The fourth-order valence-electron chi connectivity index (χ4n) is 2.24. The minimum Gasteiger partial charge on any atom is -0.0732 e. The Kier molecular flexibility index (Phi) is 6.17. The minimum atomic E-state index is -0.338. The zero-order chi connectivity index (χ0) is 13.0. The molecule has 0 rings (SSSR count). The summed E-state index contributed by atoms with van der Waals surface area (Å²) in [5, 5.41) is 1.70. The van der Waals surface area contributed by atoms with Crippen molar-refractivity contribution in [3.05, 3.63) is 22.3 Å². The Balaban J connectivity index is 5.66. The molecule has 16 heavy (non-hydrogen) atoms. The molecule has 0 fully saturated rings. The lowest BCUT2D eigenvalue weighted by molar-refractivity contribution is 0.894. The first-order chi connectivity index (χ1) is 7.20. The van der Waals surface area contributed by atoms with Gasteiger partial charge in [0.25, 0.3) is 0 Å². The van der Waals surface area contributed by atoms with Crippen LogP contribution in [0.3, 0.4) is 0 Å². The fraction of sp³-hybridized carbons (Fsp3) is 0.667. The van der Waals surface area contributed by atoms with Crippen LogP contribution in [-0.2, 0) is 0 Å². The summed E-state index contributed by atoms with van der Waals surface area (Å²) in [5.74, 6) is 0.684. The van der Waals surface area contributed by atoms with E-state index in [1.165, 1.54) is 22.3 Å². The van der Waals surface area contributed by atoms with E-state index in [4.69, 9.17) is 0 Å². The van der Waals surface area contributed by atoms with Crippen LogP contribution in [0, 0.1) is 5.92 Å². The highest BCUT2D eigenvalue weighted by Crippen LogP contribution is 2.20. The Labute approximate surface area is 104 Å². The van der Waals surface area contributed by atoms with Crippen molar-refractivity contribution in [2.24, 2.45) is 5.92 Å². The predicted octanol–water partition coefficient (Wildman–Crippen LogP) is 4.84. The molecule has 0 radical (unpaired) electrons. The van der Waals surface area contributed by atoms with Crippen LogP contribution in [0.25, 0.3) is 0 Å². The van der Waals surface area contributed by atoms with E-state index in [-0.39, 0.29) is 8.41 Å². The smallest absolute Gasteiger partial charge is 0.00817 e. The standard InChI is InChI=1S/C15H28Si/c1-10(2)12(5)13(6)14(7)15(11(3)4)16(8)9/h11H,1-9H3/b14-13+. The Morgan fingerprint density at radius 1 is 0.750 bits per heavy atom. The van der Waals surface area contributed by atoms with Gasteiger partial charge in [-0.1, -0.05) is 37.7 Å². The van der Waals surface area contributed by atoms with Gasteiger partial charge in [0.05, 0.1) is 0 Å². The predicted molar refractivity (Wildman–Crippen MR) is 79.7 cm³/mol. The first kappa shape index (κ1) is 15.6. The molecule has 0 unspecified atom stereocenters. The summed E-state index contributed by atoms with van der Waals surface area (Å²) in [6, 6.07) is 0. The molecule has 0 bridgehead atoms. The van der Waals surface area contributed by atoms with Crippen molar-refractivity contribution in [2.45, 2.75) is 61.6 Å². The van der Waals surface area contributed by atoms with E-state index < -0.39 is 0 Å². The van der Waals surface area contributed by atoms with Gasteiger partial charge in [-0.3, -0.25) is 0 Å². The van der Waals surface area contributed by atoms with Crippen LogP contribution < -0.4 is 0 Å². The highest BCUT2D eigenvalue weighted by atomic mass is 28.2. The third-order valence-electron chi connectivity index (χ3n) is 3.40. The Hall–Kier alpha value is -0.433. The summed E-state index contributed by atoms with van der Waals surface area (Å²) in [6.45, 7) is 20.6. The normalized spacial score (nSPS) is 12.4. The van der Waals surface area contributed by atoms with E-state index in [2.05, 4.69) is 61.6 Å². The minimum absolute atomic E-state index is 0.338. The number of hydrogen-bond acceptors (Lipinski definition) is 0. The van der Waals surface area contributed by atoms with Crippen LogP contribution in [-0.4, -0.2) is 13.6 Å². The van der Waals surface area contributed by atoms with Crippen LogP contribution >= 0.6 is 0 Å². The summed E-state index contributed by atoms with van der Waals surface area (Å²) >= 11 is 0. The lowest BCUT2D eigenvalue weighted by Crippen LogP contribution is -2.19. The molecule has 0 spiro atoms. The summed E-state index contributed by atoms with van der Waals surface area (Å²) in [5.41, 5.74) is 5.90. The van der Waals surface area contributed by atoms with Crippen LogP contribution in [0.2, 0.25) is 13.1 Å². The molecule has 0 saturated heterocycles. The number of allylic oxidation sites excluding steroid dienone is 4. The first-order valence-corrected chi connectivity index (χ1v) is 8.69. The van der Waals surface area contributed by atoms with Gasteiger partial charge in [0.1, 0.15) is 0 Å². The maximum atomic E-state index is 2.40. The zero-order valence-electron chi connectivity index (χ0n) is 12.6. The lowest BCUT2D eigenvalue weighted by atomic mass is 9.94. The van der Waals surface area contributed by atoms with E-state index in [0.717, 1.165) is 0 Å². The van der Waals surface area contributed by atoms with E-state index >= 15 is 0 Å². The summed E-state index contributed by atoms with van der Waals surface area (Å²) < 4.78 is 0. The summed E-state index contributed by atoms with van der Waals surface area (Å²) in [4.78, 5) is 0. The van der Waals surface area contributed by atoms with Gasteiger partial charge in [-0.2, -0.15) is 0 Å². The van der Waals surface area contributed by atoms with Crippen molar-refractivity contribution >= 4 is 13.6 Å². The van der Waals surface area contributed by atoms with E-state index in [0.29, 0.717) is 5.92 Å². The monoisotopic (exact) mass is 236 g/mol. The molecule has 0 amide bonds. The topological polar surface area (TPSA) is 0 Å². The Morgan fingerprint density at radius 2 is 1.19 bits per heavy atom. The van der Waals surface area contributed by atoms with Crippen molar-refractivity contribution in [3.8, 4) is 0 Å². The molecule has 0 aromatic rings. The van der Waals surface area contributed by atoms with E-state index in [1.807, 2.05) is 0 Å². The van der Waals surface area contributed by atoms with E-state index in [9.17, 15) is 0 Å². The summed E-state index contributed by atoms with van der Waals surface area (Å²) in [6.07, 6.45) is 0. The lowest BCUT2D eigenvalue weighted by Gasteiger charge is -2.19. The van der Waals surface area contributed by atoms with Crippen molar-refractivity contribution in [1.29, 1.82) is 0 Å². The van der Waals surface area contributed by atoms with Gasteiger partial charge in [0.2, 0.25) is 0 Å². The van der Waals surface area contributed by atoms with Gasteiger partial charge in [-0.15, -0.1) is 0 Å². The molecule has 0 aromatic carbocycles. The first-order valence-electron chi connectivity index (χ1n) is 6.19. The SMILES string of the molecule is CC(C)=C(C)/C(C)=C(\C)C(C(C)C)=[Si](C)C. The number of rotatable bonds is 3. The van der Waals surface area contributed by atoms with Crippen molar-refractivity contribution in [1.82, 2.24) is 0 Å². The molecule has 0 aliphatic carbocycles. The van der Waals surface area contributed by atoms with Gasteiger partial charge in [0, 0.05) is 8.41 Å². The second-order valence-corrected chi connectivity index (χ2v) is 7.98. The highest BCUT2D eigenvalue weighted by Gasteiger charge is 2.11. The second-order valence-electron chi connectivity index (χ2n) is 5.44. The van der Waals surface area contributed by atoms with Crippen LogP contribution in [0.4, 0.5) is 0 Å². The van der Waals surface area contributed by atoms with Gasteiger partial charge in [-0.05, 0) is 57.3 Å². The van der Waals surface area contributed by atoms with Crippen LogP contribution in [0.5, 0.6) is 0 Å². The van der Waals surface area contributed by atoms with Gasteiger partial charge in [0.15, 0.2) is 0 Å². The average molecular weight is 236 g/mol. The Morgan fingerprint density at radius 3 is 1.44 bits per heavy atom. The molecule has 1 heteroatoms. The van der Waals surface area contributed by atoms with Crippen LogP contribution in [0.1, 0.15) is 48.5 Å². The molecule has 92 valence electrons. The van der Waals surface area contributed by atoms with Gasteiger partial charge >= 0.3 is 0 Å². The molecule has 0 aliphatic rings. The molecular formula is C15H28Si.